The number of benzene rings is 1. The third kappa shape index (κ3) is 3.66. The van der Waals surface area contributed by atoms with Gasteiger partial charge in [0.25, 0.3) is 5.91 Å². The highest BCUT2D eigenvalue weighted by atomic mass is 35.5. The molecule has 2 aromatic rings. The van der Waals surface area contributed by atoms with Gasteiger partial charge in [-0.15, -0.1) is 0 Å². The van der Waals surface area contributed by atoms with Gasteiger partial charge in [-0.1, -0.05) is 11.6 Å². The first-order valence-electron chi connectivity index (χ1n) is 8.42. The average Bonchev–Trinajstić information content (AvgIpc) is 2.68. The summed E-state index contributed by atoms with van der Waals surface area (Å²) in [5, 5.41) is 3.47. The van der Waals surface area contributed by atoms with Crippen molar-refractivity contribution in [1.82, 2.24) is 4.98 Å². The molecule has 1 amide bonds. The van der Waals surface area contributed by atoms with Gasteiger partial charge in [0.15, 0.2) is 0 Å². The van der Waals surface area contributed by atoms with Crippen LogP contribution in [0.4, 0.5) is 11.5 Å². The van der Waals surface area contributed by atoms with Gasteiger partial charge in [0.05, 0.1) is 30.7 Å². The molecule has 1 aromatic heterocycles. The zero-order valence-electron chi connectivity index (χ0n) is 14.1. The van der Waals surface area contributed by atoms with Crippen molar-refractivity contribution in [3.63, 3.8) is 0 Å². The van der Waals surface area contributed by atoms with E-state index >= 15 is 0 Å². The summed E-state index contributed by atoms with van der Waals surface area (Å²) >= 11 is 6.01. The molecule has 1 fully saturated rings. The van der Waals surface area contributed by atoms with Crippen LogP contribution in [0.25, 0.3) is 6.08 Å². The molecule has 0 spiro atoms. The van der Waals surface area contributed by atoms with Crippen LogP contribution in [0.3, 0.4) is 0 Å². The predicted octanol–water partition coefficient (Wildman–Crippen LogP) is 2.99. The number of pyridine rings is 1. The SMILES string of the molecule is O=C(Nc1ccc(N2CCOCC2)nc1)C1=Cc2cc(Cl)ccc2OC1. The van der Waals surface area contributed by atoms with Crippen molar-refractivity contribution in [2.24, 2.45) is 0 Å². The van der Waals surface area contributed by atoms with Crippen molar-refractivity contribution < 1.29 is 14.3 Å². The highest BCUT2D eigenvalue weighted by Gasteiger charge is 2.18. The van der Waals surface area contributed by atoms with E-state index in [9.17, 15) is 4.79 Å². The highest BCUT2D eigenvalue weighted by Crippen LogP contribution is 2.29. The zero-order valence-corrected chi connectivity index (χ0v) is 14.8. The van der Waals surface area contributed by atoms with E-state index in [1.165, 1.54) is 0 Å². The normalized spacial score (nSPS) is 16.3. The molecular formula is C19H18ClN3O3. The van der Waals surface area contributed by atoms with Crippen LogP contribution in [0.1, 0.15) is 5.56 Å². The smallest absolute Gasteiger partial charge is 0.255 e. The number of anilines is 2. The van der Waals surface area contributed by atoms with Crippen LogP contribution in [0.2, 0.25) is 5.02 Å². The molecule has 6 nitrogen and oxygen atoms in total. The molecule has 0 atom stereocenters. The van der Waals surface area contributed by atoms with Gasteiger partial charge < -0.3 is 19.7 Å². The van der Waals surface area contributed by atoms with Crippen LogP contribution in [0.5, 0.6) is 5.75 Å². The van der Waals surface area contributed by atoms with Crippen LogP contribution in [-0.4, -0.2) is 43.8 Å². The molecule has 0 unspecified atom stereocenters. The third-order valence-corrected chi connectivity index (χ3v) is 4.55. The number of amides is 1. The second kappa shape index (κ2) is 7.35. The van der Waals surface area contributed by atoms with E-state index in [1.807, 2.05) is 12.1 Å². The van der Waals surface area contributed by atoms with Gasteiger partial charge in [0.2, 0.25) is 0 Å². The summed E-state index contributed by atoms with van der Waals surface area (Å²) in [6.45, 7) is 3.29. The maximum atomic E-state index is 12.5. The van der Waals surface area contributed by atoms with Gasteiger partial charge in [-0.05, 0) is 36.4 Å². The van der Waals surface area contributed by atoms with Gasteiger partial charge in [-0.2, -0.15) is 0 Å². The summed E-state index contributed by atoms with van der Waals surface area (Å²) < 4.78 is 11.0. The maximum absolute atomic E-state index is 12.5. The van der Waals surface area contributed by atoms with Gasteiger partial charge in [-0.25, -0.2) is 4.98 Å². The molecule has 7 heteroatoms. The molecule has 0 radical (unpaired) electrons. The number of nitrogens with one attached hydrogen (secondary N) is 1. The number of morpholine rings is 1. The second-order valence-electron chi connectivity index (χ2n) is 6.10. The third-order valence-electron chi connectivity index (χ3n) is 4.32. The fourth-order valence-corrected chi connectivity index (χ4v) is 3.11. The molecule has 1 aromatic carbocycles. The molecular weight excluding hydrogens is 354 g/mol. The van der Waals surface area contributed by atoms with Crippen LogP contribution in [0.15, 0.2) is 42.1 Å². The lowest BCUT2D eigenvalue weighted by Gasteiger charge is -2.27. The Hall–Kier alpha value is -2.57. The average molecular weight is 372 g/mol. The van der Waals surface area contributed by atoms with Crippen molar-refractivity contribution in [1.29, 1.82) is 0 Å². The van der Waals surface area contributed by atoms with Gasteiger partial charge in [-0.3, -0.25) is 4.79 Å². The lowest BCUT2D eigenvalue weighted by atomic mass is 10.1. The Morgan fingerprint density at radius 3 is 2.81 bits per heavy atom. The van der Waals surface area contributed by atoms with Crippen molar-refractivity contribution >= 4 is 35.1 Å². The molecule has 0 bridgehead atoms. The summed E-state index contributed by atoms with van der Waals surface area (Å²) in [6, 6.07) is 9.10. The Bertz CT molecular complexity index is 846. The summed E-state index contributed by atoms with van der Waals surface area (Å²) in [4.78, 5) is 19.1. The monoisotopic (exact) mass is 371 g/mol. The number of nitrogens with zero attached hydrogens (tertiary/aromatic N) is 2. The minimum Gasteiger partial charge on any atom is -0.488 e. The van der Waals surface area contributed by atoms with E-state index in [0.717, 1.165) is 30.2 Å². The summed E-state index contributed by atoms with van der Waals surface area (Å²) in [5.74, 6) is 1.40. The minimum absolute atomic E-state index is 0.212. The first-order valence-corrected chi connectivity index (χ1v) is 8.80. The lowest BCUT2D eigenvalue weighted by Crippen LogP contribution is -2.36. The van der Waals surface area contributed by atoms with Gasteiger partial charge >= 0.3 is 0 Å². The molecule has 0 saturated carbocycles. The number of carbonyl (C=O) groups is 1. The lowest BCUT2D eigenvalue weighted by molar-refractivity contribution is -0.113. The summed E-state index contributed by atoms with van der Waals surface area (Å²) in [7, 11) is 0. The summed E-state index contributed by atoms with van der Waals surface area (Å²) in [5.41, 5.74) is 1.98. The molecule has 2 aliphatic rings. The van der Waals surface area contributed by atoms with Gasteiger partial charge in [0, 0.05) is 23.7 Å². The number of fused-ring (bicyclic) bond motifs is 1. The largest absolute Gasteiger partial charge is 0.488 e. The van der Waals surface area contributed by atoms with E-state index in [4.69, 9.17) is 21.1 Å². The van der Waals surface area contributed by atoms with Crippen molar-refractivity contribution in [2.45, 2.75) is 0 Å². The molecule has 134 valence electrons. The number of aromatic nitrogens is 1. The standard InChI is InChI=1S/C19H18ClN3O3/c20-15-1-3-17-13(10-15)9-14(12-26-17)19(24)22-16-2-4-18(21-11-16)23-5-7-25-8-6-23/h1-4,9-11H,5-8,12H2,(H,22,24). The zero-order chi connectivity index (χ0) is 17.9. The number of halogens is 1. The quantitative estimate of drug-likeness (QED) is 0.898. The first kappa shape index (κ1) is 16.9. The predicted molar refractivity (Wildman–Crippen MR) is 101 cm³/mol. The Labute approximate surface area is 156 Å². The van der Waals surface area contributed by atoms with Gasteiger partial charge in [0.1, 0.15) is 18.2 Å². The molecule has 26 heavy (non-hydrogen) atoms. The molecule has 2 aliphatic heterocycles. The number of ether oxygens (including phenoxy) is 2. The van der Waals surface area contributed by atoms with Crippen LogP contribution in [-0.2, 0) is 9.53 Å². The molecule has 4 rings (SSSR count). The first-order chi connectivity index (χ1) is 12.7. The molecule has 1 N–H and O–H groups in total. The van der Waals surface area contributed by atoms with Crippen LogP contribution < -0.4 is 15.0 Å². The molecule has 0 aliphatic carbocycles. The second-order valence-corrected chi connectivity index (χ2v) is 6.54. The number of rotatable bonds is 3. The Balaban J connectivity index is 1.45. The Kier molecular flexibility index (Phi) is 4.77. The van der Waals surface area contributed by atoms with E-state index in [-0.39, 0.29) is 12.5 Å². The molecule has 1 saturated heterocycles. The number of hydrogen-bond donors (Lipinski definition) is 1. The Morgan fingerprint density at radius 2 is 2.04 bits per heavy atom. The number of hydrogen-bond acceptors (Lipinski definition) is 5. The van der Waals surface area contributed by atoms with Crippen LogP contribution >= 0.6 is 11.6 Å². The summed E-state index contributed by atoms with van der Waals surface area (Å²) in [6.07, 6.45) is 3.47. The fourth-order valence-electron chi connectivity index (χ4n) is 2.93. The highest BCUT2D eigenvalue weighted by molar-refractivity contribution is 6.30. The van der Waals surface area contributed by atoms with E-state index in [2.05, 4.69) is 15.2 Å². The van der Waals surface area contributed by atoms with Crippen molar-refractivity contribution in [2.75, 3.05) is 43.1 Å². The topological polar surface area (TPSA) is 63.7 Å². The maximum Gasteiger partial charge on any atom is 0.255 e. The Morgan fingerprint density at radius 1 is 1.19 bits per heavy atom. The van der Waals surface area contributed by atoms with E-state index < -0.39 is 0 Å². The van der Waals surface area contributed by atoms with Crippen molar-refractivity contribution in [3.05, 3.63) is 52.7 Å². The van der Waals surface area contributed by atoms with Crippen LogP contribution in [0, 0.1) is 0 Å². The van der Waals surface area contributed by atoms with Crippen molar-refractivity contribution in [3.8, 4) is 5.75 Å². The van der Waals surface area contributed by atoms with E-state index in [0.29, 0.717) is 29.5 Å². The fraction of sp³-hybridized carbons (Fsp3) is 0.263. The number of carbonyl (C=O) groups excluding carboxylic acids is 1. The minimum atomic E-state index is -0.212. The molecule has 3 heterocycles. The van der Waals surface area contributed by atoms with E-state index in [1.54, 1.807) is 30.5 Å².